The molecule has 0 saturated heterocycles. The Morgan fingerprint density at radius 2 is 1.86 bits per heavy atom. The average Bonchev–Trinajstić information content (AvgIpc) is 3.01. The zero-order chi connectivity index (χ0) is 14.4. The fraction of sp³-hybridized carbons (Fsp3) is 0.800. The fourth-order valence-corrected chi connectivity index (χ4v) is 5.28. The minimum atomic E-state index is -3.14. The van der Waals surface area contributed by atoms with Crippen LogP contribution in [0.2, 0.25) is 0 Å². The summed E-state index contributed by atoms with van der Waals surface area (Å²) in [5.74, 6) is 0. The van der Waals surface area contributed by atoms with E-state index in [1.165, 1.54) is 31.2 Å². The number of fused-ring (bicyclic) bond motifs is 1. The Morgan fingerprint density at radius 1 is 1.10 bits per heavy atom. The largest absolute Gasteiger partial charge is 0.269 e. The summed E-state index contributed by atoms with van der Waals surface area (Å²) in [5, 5.41) is 4.61. The highest BCUT2D eigenvalue weighted by molar-refractivity contribution is 7.90. The summed E-state index contributed by atoms with van der Waals surface area (Å²) in [6.45, 7) is 0. The zero-order valence-electron chi connectivity index (χ0n) is 12.3. The second-order valence-corrected chi connectivity index (χ2v) is 8.76. The van der Waals surface area contributed by atoms with E-state index in [2.05, 4.69) is 15.6 Å². The van der Waals surface area contributed by atoms with Crippen LogP contribution in [0.5, 0.6) is 0 Å². The molecule has 0 aromatic carbocycles. The standard InChI is InChI=1S/C15H23N3O2S/c19-21(20,13-8-9-13)17-14-7-3-4-11-10-18(16-15(11)14)12-5-1-2-6-12/h10,12-14,17H,1-9H2. The Bertz CT molecular complexity index is 627. The number of hydrogen-bond donors (Lipinski definition) is 1. The molecule has 0 bridgehead atoms. The van der Waals surface area contributed by atoms with E-state index < -0.39 is 10.0 Å². The van der Waals surface area contributed by atoms with E-state index in [-0.39, 0.29) is 11.3 Å². The topological polar surface area (TPSA) is 64.0 Å². The van der Waals surface area contributed by atoms with Crippen LogP contribution in [0.3, 0.4) is 0 Å². The van der Waals surface area contributed by atoms with Gasteiger partial charge in [-0.2, -0.15) is 5.10 Å². The Balaban J connectivity index is 1.58. The van der Waals surface area contributed by atoms with Crippen molar-refractivity contribution in [2.45, 2.75) is 75.1 Å². The predicted molar refractivity (Wildman–Crippen MR) is 80.5 cm³/mol. The highest BCUT2D eigenvalue weighted by Gasteiger charge is 2.38. The first kappa shape index (κ1) is 13.8. The second kappa shape index (κ2) is 5.09. The Kier molecular flexibility index (Phi) is 3.34. The van der Waals surface area contributed by atoms with E-state index in [9.17, 15) is 8.42 Å². The van der Waals surface area contributed by atoms with Crippen molar-refractivity contribution < 1.29 is 8.42 Å². The van der Waals surface area contributed by atoms with Crippen LogP contribution in [0, 0.1) is 0 Å². The molecule has 6 heteroatoms. The number of rotatable bonds is 4. The summed E-state index contributed by atoms with van der Waals surface area (Å²) in [4.78, 5) is 0. The van der Waals surface area contributed by atoms with Gasteiger partial charge in [0.05, 0.1) is 23.0 Å². The van der Waals surface area contributed by atoms with Crippen LogP contribution in [-0.4, -0.2) is 23.4 Å². The van der Waals surface area contributed by atoms with Gasteiger partial charge in [0.2, 0.25) is 10.0 Å². The molecule has 1 N–H and O–H groups in total. The summed E-state index contributed by atoms with van der Waals surface area (Å²) < 4.78 is 29.4. The van der Waals surface area contributed by atoms with Crippen molar-refractivity contribution in [2.24, 2.45) is 0 Å². The molecule has 5 nitrogen and oxygen atoms in total. The van der Waals surface area contributed by atoms with Gasteiger partial charge >= 0.3 is 0 Å². The van der Waals surface area contributed by atoms with Crippen molar-refractivity contribution in [3.63, 3.8) is 0 Å². The van der Waals surface area contributed by atoms with Crippen molar-refractivity contribution in [1.29, 1.82) is 0 Å². The van der Waals surface area contributed by atoms with Crippen molar-refractivity contribution in [2.75, 3.05) is 0 Å². The monoisotopic (exact) mass is 309 g/mol. The van der Waals surface area contributed by atoms with E-state index in [0.717, 1.165) is 37.8 Å². The van der Waals surface area contributed by atoms with Gasteiger partial charge in [0.1, 0.15) is 0 Å². The highest BCUT2D eigenvalue weighted by atomic mass is 32.2. The molecule has 3 aliphatic carbocycles. The molecule has 116 valence electrons. The predicted octanol–water partition coefficient (Wildman–Crippen LogP) is 2.46. The Labute approximate surface area is 126 Å². The Hall–Kier alpha value is -0.880. The first-order chi connectivity index (χ1) is 10.1. The molecular formula is C15H23N3O2S. The van der Waals surface area contributed by atoms with E-state index >= 15 is 0 Å². The number of nitrogens with one attached hydrogen (secondary N) is 1. The zero-order valence-corrected chi connectivity index (χ0v) is 13.1. The molecule has 1 aromatic heterocycles. The Morgan fingerprint density at radius 3 is 2.57 bits per heavy atom. The summed E-state index contributed by atoms with van der Waals surface area (Å²) in [6.07, 6.45) is 11.7. The van der Waals surface area contributed by atoms with Gasteiger partial charge in [-0.3, -0.25) is 4.68 Å². The number of hydrogen-bond acceptors (Lipinski definition) is 3. The van der Waals surface area contributed by atoms with Crippen molar-refractivity contribution in [3.8, 4) is 0 Å². The molecule has 1 aromatic rings. The van der Waals surface area contributed by atoms with Gasteiger partial charge in [0, 0.05) is 6.20 Å². The van der Waals surface area contributed by atoms with Crippen LogP contribution in [0.15, 0.2) is 6.20 Å². The van der Waals surface area contributed by atoms with Gasteiger partial charge in [-0.25, -0.2) is 13.1 Å². The molecule has 0 spiro atoms. The van der Waals surface area contributed by atoms with Gasteiger partial charge in [-0.1, -0.05) is 12.8 Å². The fourth-order valence-electron chi connectivity index (χ4n) is 3.71. The summed E-state index contributed by atoms with van der Waals surface area (Å²) in [6, 6.07) is 0.415. The molecule has 2 saturated carbocycles. The number of sulfonamides is 1. The summed E-state index contributed by atoms with van der Waals surface area (Å²) in [7, 11) is -3.14. The van der Waals surface area contributed by atoms with E-state index in [1.54, 1.807) is 0 Å². The molecule has 2 fully saturated rings. The first-order valence-electron chi connectivity index (χ1n) is 8.22. The summed E-state index contributed by atoms with van der Waals surface area (Å²) in [5.41, 5.74) is 2.23. The van der Waals surface area contributed by atoms with Crippen molar-refractivity contribution >= 4 is 10.0 Å². The minimum Gasteiger partial charge on any atom is -0.269 e. The lowest BCUT2D eigenvalue weighted by atomic mass is 9.94. The smallest absolute Gasteiger partial charge is 0.215 e. The SMILES string of the molecule is O=S(=O)(NC1CCCc2cn(C3CCCC3)nc21)C1CC1. The quantitative estimate of drug-likeness (QED) is 0.929. The third-order valence-corrected chi connectivity index (χ3v) is 7.04. The number of aromatic nitrogens is 2. The highest BCUT2D eigenvalue weighted by Crippen LogP contribution is 2.35. The van der Waals surface area contributed by atoms with Gasteiger partial charge in [0.15, 0.2) is 0 Å². The molecule has 0 radical (unpaired) electrons. The third kappa shape index (κ3) is 2.63. The van der Waals surface area contributed by atoms with Crippen LogP contribution < -0.4 is 4.72 Å². The molecule has 0 aliphatic heterocycles. The lowest BCUT2D eigenvalue weighted by molar-refractivity contribution is 0.449. The van der Waals surface area contributed by atoms with E-state index in [1.807, 2.05) is 0 Å². The number of aryl methyl sites for hydroxylation is 1. The minimum absolute atomic E-state index is 0.109. The number of nitrogens with zero attached hydrogens (tertiary/aromatic N) is 2. The normalized spacial score (nSPS) is 27.0. The lowest BCUT2D eigenvalue weighted by Gasteiger charge is -2.22. The average molecular weight is 309 g/mol. The third-order valence-electron chi connectivity index (χ3n) is 5.08. The first-order valence-corrected chi connectivity index (χ1v) is 9.77. The van der Waals surface area contributed by atoms with E-state index in [4.69, 9.17) is 5.10 Å². The van der Waals surface area contributed by atoms with Crippen LogP contribution in [0.4, 0.5) is 0 Å². The maximum atomic E-state index is 12.2. The van der Waals surface area contributed by atoms with Crippen LogP contribution in [-0.2, 0) is 16.4 Å². The lowest BCUT2D eigenvalue weighted by Crippen LogP contribution is -2.33. The second-order valence-electron chi connectivity index (χ2n) is 6.76. The van der Waals surface area contributed by atoms with Gasteiger partial charge < -0.3 is 0 Å². The van der Waals surface area contributed by atoms with Crippen LogP contribution >= 0.6 is 0 Å². The molecule has 3 aliphatic rings. The van der Waals surface area contributed by atoms with Gasteiger partial charge in [0.25, 0.3) is 0 Å². The van der Waals surface area contributed by atoms with Crippen molar-refractivity contribution in [1.82, 2.24) is 14.5 Å². The van der Waals surface area contributed by atoms with E-state index in [0.29, 0.717) is 6.04 Å². The molecule has 0 amide bonds. The molecular weight excluding hydrogens is 286 g/mol. The van der Waals surface area contributed by atoms with Crippen LogP contribution in [0.1, 0.15) is 74.7 Å². The molecule has 1 heterocycles. The molecule has 1 unspecified atom stereocenters. The maximum absolute atomic E-state index is 12.2. The van der Waals surface area contributed by atoms with Gasteiger partial charge in [-0.05, 0) is 50.5 Å². The molecule has 1 atom stereocenters. The van der Waals surface area contributed by atoms with Crippen molar-refractivity contribution in [3.05, 3.63) is 17.5 Å². The summed E-state index contributed by atoms with van der Waals surface area (Å²) >= 11 is 0. The molecule has 4 rings (SSSR count). The van der Waals surface area contributed by atoms with Crippen LogP contribution in [0.25, 0.3) is 0 Å². The maximum Gasteiger partial charge on any atom is 0.215 e. The molecule has 21 heavy (non-hydrogen) atoms. The van der Waals surface area contributed by atoms with Gasteiger partial charge in [-0.15, -0.1) is 0 Å².